The van der Waals surface area contributed by atoms with E-state index < -0.39 is 12.0 Å². The number of benzene rings is 2. The average Bonchev–Trinajstić information content (AvgIpc) is 3.35. The minimum Gasteiger partial charge on any atom is -0.493 e. The molecule has 0 saturated heterocycles. The molecule has 0 aromatic heterocycles. The molecule has 1 aliphatic heterocycles. The highest BCUT2D eigenvalue weighted by Gasteiger charge is 2.61. The Bertz CT molecular complexity index is 819. The third-order valence-corrected chi connectivity index (χ3v) is 5.29. The highest BCUT2D eigenvalue weighted by atomic mass is 16.5. The molecule has 1 aliphatic carbocycles. The molecule has 128 valence electrons. The first-order valence-electron chi connectivity index (χ1n) is 8.42. The number of ether oxygens (including phenoxy) is 1. The second kappa shape index (κ2) is 5.92. The monoisotopic (exact) mass is 337 g/mol. The number of carboxylic acids is 1. The van der Waals surface area contributed by atoms with Gasteiger partial charge in [-0.15, -0.1) is 0 Å². The molecule has 2 aliphatic rings. The summed E-state index contributed by atoms with van der Waals surface area (Å²) in [4.78, 5) is 24.4. The van der Waals surface area contributed by atoms with Crippen molar-refractivity contribution in [2.75, 3.05) is 6.61 Å². The molecule has 2 unspecified atom stereocenters. The lowest BCUT2D eigenvalue weighted by Gasteiger charge is -2.27. The number of carbonyl (C=O) groups is 2. The van der Waals surface area contributed by atoms with Gasteiger partial charge in [-0.3, -0.25) is 4.79 Å². The minimum absolute atomic E-state index is 0.201. The van der Waals surface area contributed by atoms with Crippen molar-refractivity contribution in [1.82, 2.24) is 5.32 Å². The highest BCUT2D eigenvalue weighted by molar-refractivity contribution is 5.89. The van der Waals surface area contributed by atoms with E-state index in [0.29, 0.717) is 12.2 Å². The fraction of sp³-hybridized carbons (Fsp3) is 0.300. The van der Waals surface area contributed by atoms with Crippen molar-refractivity contribution in [1.29, 1.82) is 0 Å². The van der Waals surface area contributed by atoms with Crippen molar-refractivity contribution in [3.8, 4) is 5.75 Å². The SMILES string of the molecule is O=C(N[C@@H](C(=O)O)c1ccccc1)C1CC12CCOc1ccccc12. The van der Waals surface area contributed by atoms with E-state index in [2.05, 4.69) is 5.32 Å². The molecule has 2 aromatic rings. The summed E-state index contributed by atoms with van der Waals surface area (Å²) in [5.41, 5.74) is 1.43. The van der Waals surface area contributed by atoms with Crippen LogP contribution in [0, 0.1) is 5.92 Å². The minimum atomic E-state index is -1.05. The van der Waals surface area contributed by atoms with Crippen molar-refractivity contribution >= 4 is 11.9 Å². The summed E-state index contributed by atoms with van der Waals surface area (Å²) in [5.74, 6) is -0.625. The second-order valence-corrected chi connectivity index (χ2v) is 6.70. The van der Waals surface area contributed by atoms with Crippen LogP contribution in [0.5, 0.6) is 5.75 Å². The van der Waals surface area contributed by atoms with Crippen molar-refractivity contribution in [2.45, 2.75) is 24.3 Å². The predicted octanol–water partition coefficient (Wildman–Crippen LogP) is 2.67. The van der Waals surface area contributed by atoms with Crippen LogP contribution in [0.2, 0.25) is 0 Å². The van der Waals surface area contributed by atoms with Gasteiger partial charge in [-0.25, -0.2) is 4.79 Å². The van der Waals surface area contributed by atoms with Gasteiger partial charge in [0.2, 0.25) is 5.91 Å². The Kier molecular flexibility index (Phi) is 3.71. The van der Waals surface area contributed by atoms with Gasteiger partial charge in [0.05, 0.1) is 6.61 Å². The van der Waals surface area contributed by atoms with Gasteiger partial charge in [0, 0.05) is 16.9 Å². The first kappa shape index (κ1) is 15.7. The Hall–Kier alpha value is -2.82. The van der Waals surface area contributed by atoms with Crippen molar-refractivity contribution in [3.63, 3.8) is 0 Å². The lowest BCUT2D eigenvalue weighted by Crippen LogP contribution is -2.37. The summed E-state index contributed by atoms with van der Waals surface area (Å²) in [6, 6.07) is 15.6. The molecule has 1 spiro atoms. The summed E-state index contributed by atoms with van der Waals surface area (Å²) >= 11 is 0. The van der Waals surface area contributed by atoms with E-state index >= 15 is 0 Å². The summed E-state index contributed by atoms with van der Waals surface area (Å²) in [7, 11) is 0. The third-order valence-electron chi connectivity index (χ3n) is 5.29. The molecule has 5 nitrogen and oxygen atoms in total. The molecule has 5 heteroatoms. The average molecular weight is 337 g/mol. The van der Waals surface area contributed by atoms with Crippen LogP contribution in [0.1, 0.15) is 30.0 Å². The molecular weight excluding hydrogens is 318 g/mol. The third kappa shape index (κ3) is 2.65. The van der Waals surface area contributed by atoms with Gasteiger partial charge in [0.1, 0.15) is 5.75 Å². The Morgan fingerprint density at radius 1 is 1.12 bits per heavy atom. The summed E-state index contributed by atoms with van der Waals surface area (Å²) in [6.07, 6.45) is 1.52. The van der Waals surface area contributed by atoms with Crippen LogP contribution in [-0.2, 0) is 15.0 Å². The molecule has 1 amide bonds. The van der Waals surface area contributed by atoms with E-state index in [0.717, 1.165) is 24.2 Å². The van der Waals surface area contributed by atoms with E-state index in [4.69, 9.17) is 4.74 Å². The van der Waals surface area contributed by atoms with Crippen LogP contribution in [-0.4, -0.2) is 23.6 Å². The van der Waals surface area contributed by atoms with Gasteiger partial charge in [-0.2, -0.15) is 0 Å². The number of para-hydroxylation sites is 1. The smallest absolute Gasteiger partial charge is 0.330 e. The number of carboxylic acid groups (broad SMARTS) is 1. The number of rotatable bonds is 4. The quantitative estimate of drug-likeness (QED) is 0.899. The van der Waals surface area contributed by atoms with E-state index in [9.17, 15) is 14.7 Å². The number of aliphatic carboxylic acids is 1. The maximum atomic E-state index is 12.8. The van der Waals surface area contributed by atoms with Gasteiger partial charge >= 0.3 is 5.97 Å². The topological polar surface area (TPSA) is 75.6 Å². The van der Waals surface area contributed by atoms with Crippen LogP contribution < -0.4 is 10.1 Å². The fourth-order valence-corrected chi connectivity index (χ4v) is 3.88. The Balaban J connectivity index is 1.55. The molecule has 1 saturated carbocycles. The number of fused-ring (bicyclic) bond motifs is 2. The zero-order valence-electron chi connectivity index (χ0n) is 13.6. The van der Waals surface area contributed by atoms with Crippen LogP contribution >= 0.6 is 0 Å². The maximum absolute atomic E-state index is 12.8. The Labute approximate surface area is 145 Å². The van der Waals surface area contributed by atoms with Crippen molar-refractivity contribution in [2.24, 2.45) is 5.92 Å². The van der Waals surface area contributed by atoms with E-state index in [1.165, 1.54) is 0 Å². The van der Waals surface area contributed by atoms with E-state index in [1.807, 2.05) is 30.3 Å². The number of carbonyl (C=O) groups excluding carboxylic acids is 1. The first-order valence-corrected chi connectivity index (χ1v) is 8.42. The molecule has 3 atom stereocenters. The Morgan fingerprint density at radius 2 is 1.84 bits per heavy atom. The lowest BCUT2D eigenvalue weighted by atomic mass is 9.87. The summed E-state index contributed by atoms with van der Waals surface area (Å²) < 4.78 is 5.69. The van der Waals surface area contributed by atoms with Gasteiger partial charge < -0.3 is 15.2 Å². The van der Waals surface area contributed by atoms with Crippen molar-refractivity contribution < 1.29 is 19.4 Å². The molecule has 1 fully saturated rings. The highest BCUT2D eigenvalue weighted by Crippen LogP contribution is 2.60. The standard InChI is InChI=1S/C20H19NO4/c22-18(21-17(19(23)24)13-6-2-1-3-7-13)15-12-20(15)10-11-25-16-9-5-4-8-14(16)20/h1-9,15,17H,10-12H2,(H,21,22)(H,23,24)/t15?,17-,20?/m1/s1. The van der Waals surface area contributed by atoms with Gasteiger partial charge in [-0.05, 0) is 24.5 Å². The molecule has 2 aromatic carbocycles. The lowest BCUT2D eigenvalue weighted by molar-refractivity contribution is -0.142. The Morgan fingerprint density at radius 3 is 2.60 bits per heavy atom. The largest absolute Gasteiger partial charge is 0.493 e. The molecule has 0 radical (unpaired) electrons. The summed E-state index contributed by atoms with van der Waals surface area (Å²) in [5, 5.41) is 12.2. The predicted molar refractivity (Wildman–Crippen MR) is 91.3 cm³/mol. The number of nitrogens with one attached hydrogen (secondary N) is 1. The van der Waals surface area contributed by atoms with Crippen LogP contribution in [0.25, 0.3) is 0 Å². The maximum Gasteiger partial charge on any atom is 0.330 e. The molecule has 0 bridgehead atoms. The normalized spacial score (nSPS) is 24.7. The summed E-state index contributed by atoms with van der Waals surface area (Å²) in [6.45, 7) is 0.585. The van der Waals surface area contributed by atoms with E-state index in [1.54, 1.807) is 24.3 Å². The molecule has 2 N–H and O–H groups in total. The number of hydrogen-bond acceptors (Lipinski definition) is 3. The van der Waals surface area contributed by atoms with Crippen molar-refractivity contribution in [3.05, 3.63) is 65.7 Å². The fourth-order valence-electron chi connectivity index (χ4n) is 3.88. The van der Waals surface area contributed by atoms with Crippen LogP contribution in [0.4, 0.5) is 0 Å². The van der Waals surface area contributed by atoms with Crippen LogP contribution in [0.15, 0.2) is 54.6 Å². The second-order valence-electron chi connectivity index (χ2n) is 6.70. The molecular formula is C20H19NO4. The zero-order chi connectivity index (χ0) is 17.4. The molecule has 4 rings (SSSR count). The zero-order valence-corrected chi connectivity index (χ0v) is 13.6. The molecule has 1 heterocycles. The van der Waals surface area contributed by atoms with E-state index in [-0.39, 0.29) is 17.2 Å². The number of hydrogen-bond donors (Lipinski definition) is 2. The molecule has 25 heavy (non-hydrogen) atoms. The van der Waals surface area contributed by atoms with Gasteiger partial charge in [0.25, 0.3) is 0 Å². The first-order chi connectivity index (χ1) is 12.1. The number of amides is 1. The van der Waals surface area contributed by atoms with Crippen LogP contribution in [0.3, 0.4) is 0 Å². The van der Waals surface area contributed by atoms with Gasteiger partial charge in [-0.1, -0.05) is 48.5 Å². The van der Waals surface area contributed by atoms with Gasteiger partial charge in [0.15, 0.2) is 6.04 Å².